The van der Waals surface area contributed by atoms with Crippen molar-refractivity contribution in [2.75, 3.05) is 6.54 Å². The number of allylic oxidation sites excluding steroid dienone is 1. The molecule has 25 heavy (non-hydrogen) atoms. The molecule has 4 rings (SSSR count). The number of hydrogen-bond donors (Lipinski definition) is 2. The van der Waals surface area contributed by atoms with Gasteiger partial charge in [-0.1, -0.05) is 19.4 Å². The minimum absolute atomic E-state index is 0.101. The molecule has 1 heterocycles. The highest BCUT2D eigenvalue weighted by molar-refractivity contribution is 5.88. The molecular formula is C21H32N2O2. The highest BCUT2D eigenvalue weighted by Gasteiger charge is 2.58. The van der Waals surface area contributed by atoms with E-state index in [4.69, 9.17) is 0 Å². The Balaban J connectivity index is 1.63. The van der Waals surface area contributed by atoms with Crippen LogP contribution in [-0.4, -0.2) is 24.4 Å². The molecule has 0 saturated heterocycles. The summed E-state index contributed by atoms with van der Waals surface area (Å²) in [7, 11) is 0. The molecule has 2 amide bonds. The Labute approximate surface area is 151 Å². The predicted octanol–water partition coefficient (Wildman–Crippen LogP) is 3.18. The molecule has 6 atom stereocenters. The van der Waals surface area contributed by atoms with Gasteiger partial charge in [-0.3, -0.25) is 9.59 Å². The SMILES string of the molecule is CC(=O)N[C@H]1CC[C@H]2[C@@H]3CCC4=CC(=O)NCC[C@]4(C)[C@H]3CC[C@]12C. The summed E-state index contributed by atoms with van der Waals surface area (Å²) in [4.78, 5) is 23.6. The van der Waals surface area contributed by atoms with Crippen molar-refractivity contribution in [3.05, 3.63) is 11.6 Å². The fraction of sp³-hybridized carbons (Fsp3) is 0.810. The fourth-order valence-electron chi connectivity index (χ4n) is 7.05. The third-order valence-corrected chi connectivity index (χ3v) is 8.36. The number of amides is 2. The Hall–Kier alpha value is -1.32. The molecule has 0 spiro atoms. The molecular weight excluding hydrogens is 312 g/mol. The van der Waals surface area contributed by atoms with Crippen LogP contribution in [0.15, 0.2) is 11.6 Å². The molecule has 0 bridgehead atoms. The van der Waals surface area contributed by atoms with Gasteiger partial charge in [-0.25, -0.2) is 0 Å². The molecule has 2 N–H and O–H groups in total. The molecule has 4 heteroatoms. The molecule has 0 radical (unpaired) electrons. The maximum absolute atomic E-state index is 12.0. The lowest BCUT2D eigenvalue weighted by Crippen LogP contribution is -2.53. The topological polar surface area (TPSA) is 58.2 Å². The smallest absolute Gasteiger partial charge is 0.243 e. The molecule has 3 saturated carbocycles. The van der Waals surface area contributed by atoms with E-state index in [9.17, 15) is 9.59 Å². The molecule has 0 aromatic heterocycles. The van der Waals surface area contributed by atoms with Gasteiger partial charge in [-0.05, 0) is 73.5 Å². The van der Waals surface area contributed by atoms with Gasteiger partial charge in [0.2, 0.25) is 11.8 Å². The lowest BCUT2D eigenvalue weighted by molar-refractivity contribution is -0.121. The Morgan fingerprint density at radius 2 is 1.96 bits per heavy atom. The lowest BCUT2D eigenvalue weighted by atomic mass is 9.48. The Bertz CT molecular complexity index is 627. The second-order valence-corrected chi connectivity index (χ2v) is 9.42. The van der Waals surface area contributed by atoms with Gasteiger partial charge >= 0.3 is 0 Å². The van der Waals surface area contributed by atoms with Crippen LogP contribution >= 0.6 is 0 Å². The van der Waals surface area contributed by atoms with E-state index in [2.05, 4.69) is 24.5 Å². The molecule has 4 aliphatic rings. The zero-order valence-corrected chi connectivity index (χ0v) is 15.9. The molecule has 0 aromatic carbocycles. The number of fused-ring (bicyclic) bond motifs is 5. The van der Waals surface area contributed by atoms with Crippen molar-refractivity contribution in [1.82, 2.24) is 10.6 Å². The lowest BCUT2D eigenvalue weighted by Gasteiger charge is -2.57. The third-order valence-electron chi connectivity index (χ3n) is 8.36. The molecule has 0 aromatic rings. The van der Waals surface area contributed by atoms with E-state index in [0.29, 0.717) is 17.9 Å². The molecule has 138 valence electrons. The second-order valence-electron chi connectivity index (χ2n) is 9.42. The Morgan fingerprint density at radius 3 is 2.72 bits per heavy atom. The van der Waals surface area contributed by atoms with E-state index in [-0.39, 0.29) is 22.6 Å². The maximum Gasteiger partial charge on any atom is 0.243 e. The van der Waals surface area contributed by atoms with Crippen LogP contribution in [0.4, 0.5) is 0 Å². The quantitative estimate of drug-likeness (QED) is 0.767. The number of carbonyl (C=O) groups is 2. The van der Waals surface area contributed by atoms with Crippen molar-refractivity contribution in [2.24, 2.45) is 28.6 Å². The first-order chi connectivity index (χ1) is 11.8. The highest BCUT2D eigenvalue weighted by atomic mass is 16.2. The van der Waals surface area contributed by atoms with Crippen LogP contribution in [0.5, 0.6) is 0 Å². The van der Waals surface area contributed by atoms with Gasteiger partial charge in [-0.2, -0.15) is 0 Å². The number of carbonyl (C=O) groups excluding carboxylic acids is 2. The zero-order chi connectivity index (χ0) is 17.8. The van der Waals surface area contributed by atoms with Crippen LogP contribution in [0.3, 0.4) is 0 Å². The molecule has 3 fully saturated rings. The summed E-state index contributed by atoms with van der Waals surface area (Å²) in [5, 5.41) is 6.29. The largest absolute Gasteiger partial charge is 0.353 e. The summed E-state index contributed by atoms with van der Waals surface area (Å²) in [6.45, 7) is 7.29. The molecule has 1 aliphatic heterocycles. The van der Waals surface area contributed by atoms with Crippen LogP contribution in [0.25, 0.3) is 0 Å². The minimum Gasteiger partial charge on any atom is -0.353 e. The van der Waals surface area contributed by atoms with Gasteiger partial charge in [0.15, 0.2) is 0 Å². The average molecular weight is 344 g/mol. The van der Waals surface area contributed by atoms with Gasteiger partial charge in [0.05, 0.1) is 0 Å². The standard InChI is InChI=1S/C21H32N2O2/c1-13(24)23-18-7-6-16-15-5-4-14-12-19(25)22-11-10-20(14,2)17(15)8-9-21(16,18)3/h12,15-18H,4-11H2,1-3H3,(H,22,25)(H,23,24)/t15-,16-,17-,18-,20-,21-/m0/s1. The number of hydrogen-bond acceptors (Lipinski definition) is 2. The van der Waals surface area contributed by atoms with E-state index in [1.807, 2.05) is 6.08 Å². The minimum atomic E-state index is 0.101. The van der Waals surface area contributed by atoms with E-state index in [1.165, 1.54) is 31.3 Å². The summed E-state index contributed by atoms with van der Waals surface area (Å²) in [6.07, 6.45) is 10.1. The van der Waals surface area contributed by atoms with Crippen LogP contribution in [0.2, 0.25) is 0 Å². The van der Waals surface area contributed by atoms with Gasteiger partial charge in [0.1, 0.15) is 0 Å². The monoisotopic (exact) mass is 344 g/mol. The zero-order valence-electron chi connectivity index (χ0n) is 15.9. The van der Waals surface area contributed by atoms with Crippen molar-refractivity contribution in [3.8, 4) is 0 Å². The fourth-order valence-corrected chi connectivity index (χ4v) is 7.05. The first kappa shape index (κ1) is 17.1. The van der Waals surface area contributed by atoms with E-state index in [0.717, 1.165) is 31.7 Å². The van der Waals surface area contributed by atoms with Crippen LogP contribution in [-0.2, 0) is 9.59 Å². The van der Waals surface area contributed by atoms with Crippen molar-refractivity contribution in [1.29, 1.82) is 0 Å². The molecule has 4 nitrogen and oxygen atoms in total. The highest BCUT2D eigenvalue weighted by Crippen LogP contribution is 2.64. The van der Waals surface area contributed by atoms with Gasteiger partial charge < -0.3 is 10.6 Å². The molecule has 0 unspecified atom stereocenters. The first-order valence-electron chi connectivity index (χ1n) is 10.1. The Kier molecular flexibility index (Phi) is 4.01. The summed E-state index contributed by atoms with van der Waals surface area (Å²) in [6, 6.07) is 0.345. The normalized spacial score (nSPS) is 46.0. The van der Waals surface area contributed by atoms with Crippen molar-refractivity contribution >= 4 is 11.8 Å². The van der Waals surface area contributed by atoms with E-state index < -0.39 is 0 Å². The van der Waals surface area contributed by atoms with E-state index >= 15 is 0 Å². The Morgan fingerprint density at radius 1 is 1.16 bits per heavy atom. The van der Waals surface area contributed by atoms with Gasteiger partial charge in [0, 0.05) is 25.6 Å². The van der Waals surface area contributed by atoms with Crippen LogP contribution in [0.1, 0.15) is 65.7 Å². The van der Waals surface area contributed by atoms with Gasteiger partial charge in [0.25, 0.3) is 0 Å². The second kappa shape index (κ2) is 5.85. The summed E-state index contributed by atoms with van der Waals surface area (Å²) in [5.74, 6) is 2.36. The summed E-state index contributed by atoms with van der Waals surface area (Å²) < 4.78 is 0. The summed E-state index contributed by atoms with van der Waals surface area (Å²) in [5.41, 5.74) is 1.82. The molecule has 3 aliphatic carbocycles. The average Bonchev–Trinajstić information content (AvgIpc) is 2.77. The van der Waals surface area contributed by atoms with Crippen molar-refractivity contribution in [2.45, 2.75) is 71.8 Å². The number of rotatable bonds is 1. The third kappa shape index (κ3) is 2.55. The van der Waals surface area contributed by atoms with E-state index in [1.54, 1.807) is 6.92 Å². The van der Waals surface area contributed by atoms with Gasteiger partial charge in [-0.15, -0.1) is 0 Å². The van der Waals surface area contributed by atoms with Crippen molar-refractivity contribution < 1.29 is 9.59 Å². The van der Waals surface area contributed by atoms with Crippen LogP contribution < -0.4 is 10.6 Å². The first-order valence-corrected chi connectivity index (χ1v) is 10.1. The predicted molar refractivity (Wildman–Crippen MR) is 97.7 cm³/mol. The number of nitrogens with one attached hydrogen (secondary N) is 2. The maximum atomic E-state index is 12.0. The van der Waals surface area contributed by atoms with Crippen LogP contribution in [0, 0.1) is 28.6 Å². The summed E-state index contributed by atoms with van der Waals surface area (Å²) >= 11 is 0. The van der Waals surface area contributed by atoms with Crippen molar-refractivity contribution in [3.63, 3.8) is 0 Å².